The molecule has 0 heterocycles. The molecule has 0 saturated carbocycles. The number of anilines is 1. The molecule has 0 aromatic heterocycles. The predicted molar refractivity (Wildman–Crippen MR) is 84.5 cm³/mol. The van der Waals surface area contributed by atoms with Crippen molar-refractivity contribution in [3.05, 3.63) is 65.5 Å². The summed E-state index contributed by atoms with van der Waals surface area (Å²) in [4.78, 5) is 0. The quantitative estimate of drug-likeness (QED) is 0.516. The van der Waals surface area contributed by atoms with Gasteiger partial charge in [-0.3, -0.25) is 5.43 Å². The van der Waals surface area contributed by atoms with Crippen LogP contribution in [-0.4, -0.2) is 11.3 Å². The first-order valence-corrected chi connectivity index (χ1v) is 6.46. The standard InChI is InChI=1S/C15H14FN3S/c1-11-5-7-14(8-6-11)18-15(20)19-17-10-12-3-2-4-13(16)9-12/h2-10H,1H3,(H2,18,19,20). The summed E-state index contributed by atoms with van der Waals surface area (Å²) in [5, 5.41) is 7.33. The normalized spacial score (nSPS) is 10.5. The van der Waals surface area contributed by atoms with Gasteiger partial charge < -0.3 is 5.32 Å². The smallest absolute Gasteiger partial charge is 0.191 e. The van der Waals surface area contributed by atoms with Crippen LogP contribution in [0.25, 0.3) is 0 Å². The van der Waals surface area contributed by atoms with Crippen LogP contribution in [0.4, 0.5) is 10.1 Å². The lowest BCUT2D eigenvalue weighted by atomic mass is 10.2. The molecule has 2 rings (SSSR count). The molecule has 20 heavy (non-hydrogen) atoms. The second-order valence-electron chi connectivity index (χ2n) is 4.25. The first-order chi connectivity index (χ1) is 9.63. The highest BCUT2D eigenvalue weighted by Gasteiger charge is 1.95. The zero-order chi connectivity index (χ0) is 14.4. The van der Waals surface area contributed by atoms with E-state index in [0.717, 1.165) is 5.69 Å². The Morgan fingerprint density at radius 3 is 2.65 bits per heavy atom. The molecule has 0 amide bonds. The van der Waals surface area contributed by atoms with E-state index in [1.54, 1.807) is 12.1 Å². The molecule has 0 spiro atoms. The van der Waals surface area contributed by atoms with E-state index < -0.39 is 0 Å². The fourth-order valence-corrected chi connectivity index (χ4v) is 1.72. The van der Waals surface area contributed by atoms with Crippen LogP contribution in [0.15, 0.2) is 53.6 Å². The van der Waals surface area contributed by atoms with Crippen molar-refractivity contribution >= 4 is 29.2 Å². The van der Waals surface area contributed by atoms with E-state index in [9.17, 15) is 4.39 Å². The fraction of sp³-hybridized carbons (Fsp3) is 0.0667. The highest BCUT2D eigenvalue weighted by Crippen LogP contribution is 2.08. The lowest BCUT2D eigenvalue weighted by Crippen LogP contribution is -2.23. The minimum Gasteiger partial charge on any atom is -0.331 e. The predicted octanol–water partition coefficient (Wildman–Crippen LogP) is 3.45. The largest absolute Gasteiger partial charge is 0.331 e. The van der Waals surface area contributed by atoms with E-state index in [2.05, 4.69) is 15.8 Å². The molecule has 2 aromatic carbocycles. The molecule has 0 bridgehead atoms. The third kappa shape index (κ3) is 4.44. The number of hydrogen-bond donors (Lipinski definition) is 2. The van der Waals surface area contributed by atoms with Crippen LogP contribution in [0.1, 0.15) is 11.1 Å². The van der Waals surface area contributed by atoms with E-state index in [-0.39, 0.29) is 5.82 Å². The van der Waals surface area contributed by atoms with Gasteiger partial charge in [-0.1, -0.05) is 29.8 Å². The lowest BCUT2D eigenvalue weighted by molar-refractivity contribution is 0.627. The number of halogens is 1. The Bertz CT molecular complexity index is 623. The zero-order valence-corrected chi connectivity index (χ0v) is 11.7. The number of aryl methyl sites for hydroxylation is 1. The van der Waals surface area contributed by atoms with Gasteiger partial charge in [0.1, 0.15) is 5.82 Å². The maximum Gasteiger partial charge on any atom is 0.191 e. The van der Waals surface area contributed by atoms with Crippen molar-refractivity contribution in [1.29, 1.82) is 0 Å². The van der Waals surface area contributed by atoms with Gasteiger partial charge in [0, 0.05) is 5.69 Å². The van der Waals surface area contributed by atoms with E-state index in [0.29, 0.717) is 10.7 Å². The molecule has 0 radical (unpaired) electrons. The molecular formula is C15H14FN3S. The van der Waals surface area contributed by atoms with Gasteiger partial charge in [-0.05, 0) is 49.0 Å². The zero-order valence-electron chi connectivity index (χ0n) is 10.9. The number of hydrogen-bond acceptors (Lipinski definition) is 2. The number of hydrazone groups is 1. The van der Waals surface area contributed by atoms with Crippen LogP contribution < -0.4 is 10.7 Å². The van der Waals surface area contributed by atoms with Crippen LogP contribution in [0.2, 0.25) is 0 Å². The van der Waals surface area contributed by atoms with Crippen molar-refractivity contribution in [2.75, 3.05) is 5.32 Å². The van der Waals surface area contributed by atoms with E-state index in [1.165, 1.54) is 23.9 Å². The number of thiocarbonyl (C=S) groups is 1. The summed E-state index contributed by atoms with van der Waals surface area (Å²) in [6, 6.07) is 14.0. The lowest BCUT2D eigenvalue weighted by Gasteiger charge is -2.06. The highest BCUT2D eigenvalue weighted by molar-refractivity contribution is 7.80. The molecule has 3 nitrogen and oxygen atoms in total. The summed E-state index contributed by atoms with van der Waals surface area (Å²) in [5.74, 6) is -0.297. The molecule has 0 atom stereocenters. The van der Waals surface area contributed by atoms with Gasteiger partial charge in [0.15, 0.2) is 5.11 Å². The maximum atomic E-state index is 13.0. The second kappa shape index (κ2) is 6.77. The average Bonchev–Trinajstić information content (AvgIpc) is 2.41. The molecule has 5 heteroatoms. The molecule has 0 aliphatic heterocycles. The van der Waals surface area contributed by atoms with Crippen LogP contribution in [0.5, 0.6) is 0 Å². The molecule has 0 saturated heterocycles. The summed E-state index contributed by atoms with van der Waals surface area (Å²) in [6.45, 7) is 2.02. The molecule has 0 aliphatic rings. The summed E-state index contributed by atoms with van der Waals surface area (Å²) in [5.41, 5.74) is 5.41. The second-order valence-corrected chi connectivity index (χ2v) is 4.65. The molecule has 0 fully saturated rings. The topological polar surface area (TPSA) is 36.4 Å². The SMILES string of the molecule is Cc1ccc(NC(=S)NN=Cc2cccc(F)c2)cc1. The summed E-state index contributed by atoms with van der Waals surface area (Å²) < 4.78 is 13.0. The maximum absolute atomic E-state index is 13.0. The van der Waals surface area contributed by atoms with Crippen LogP contribution in [-0.2, 0) is 0 Å². The Hall–Kier alpha value is -2.27. The van der Waals surface area contributed by atoms with Gasteiger partial charge in [0.2, 0.25) is 0 Å². The molecule has 102 valence electrons. The first-order valence-electron chi connectivity index (χ1n) is 6.06. The van der Waals surface area contributed by atoms with Crippen LogP contribution in [0.3, 0.4) is 0 Å². The van der Waals surface area contributed by atoms with Crippen molar-refractivity contribution in [2.45, 2.75) is 6.92 Å². The molecule has 0 unspecified atom stereocenters. The number of benzene rings is 2. The average molecular weight is 287 g/mol. The fourth-order valence-electron chi connectivity index (χ4n) is 1.55. The third-order valence-corrected chi connectivity index (χ3v) is 2.73. The van der Waals surface area contributed by atoms with E-state index >= 15 is 0 Å². The van der Waals surface area contributed by atoms with Gasteiger partial charge in [-0.2, -0.15) is 5.10 Å². The van der Waals surface area contributed by atoms with Crippen molar-refractivity contribution in [2.24, 2.45) is 5.10 Å². The van der Waals surface area contributed by atoms with E-state index in [4.69, 9.17) is 12.2 Å². The van der Waals surface area contributed by atoms with Crippen LogP contribution >= 0.6 is 12.2 Å². The Morgan fingerprint density at radius 2 is 1.95 bits per heavy atom. The van der Waals surface area contributed by atoms with Gasteiger partial charge in [0.05, 0.1) is 6.21 Å². The minimum absolute atomic E-state index is 0.297. The first kappa shape index (κ1) is 14.1. The monoisotopic (exact) mass is 287 g/mol. The molecule has 0 aliphatic carbocycles. The summed E-state index contributed by atoms with van der Waals surface area (Å²) >= 11 is 5.10. The summed E-state index contributed by atoms with van der Waals surface area (Å²) in [7, 11) is 0. The van der Waals surface area contributed by atoms with E-state index in [1.807, 2.05) is 31.2 Å². The molecule has 2 N–H and O–H groups in total. The number of nitrogens with zero attached hydrogens (tertiary/aromatic N) is 1. The number of rotatable bonds is 3. The van der Waals surface area contributed by atoms with Gasteiger partial charge in [0.25, 0.3) is 0 Å². The highest BCUT2D eigenvalue weighted by atomic mass is 32.1. The minimum atomic E-state index is -0.297. The molecular weight excluding hydrogens is 273 g/mol. The van der Waals surface area contributed by atoms with Gasteiger partial charge >= 0.3 is 0 Å². The van der Waals surface area contributed by atoms with Crippen molar-refractivity contribution in [3.8, 4) is 0 Å². The Kier molecular flexibility index (Phi) is 4.79. The van der Waals surface area contributed by atoms with Crippen molar-refractivity contribution in [3.63, 3.8) is 0 Å². The third-order valence-electron chi connectivity index (χ3n) is 2.54. The Labute approximate surface area is 122 Å². The molecule has 2 aromatic rings. The summed E-state index contributed by atoms with van der Waals surface area (Å²) in [6.07, 6.45) is 1.51. The van der Waals surface area contributed by atoms with Gasteiger partial charge in [-0.15, -0.1) is 0 Å². The Morgan fingerprint density at radius 1 is 1.20 bits per heavy atom. The van der Waals surface area contributed by atoms with Gasteiger partial charge in [-0.25, -0.2) is 4.39 Å². The van der Waals surface area contributed by atoms with Crippen LogP contribution in [0, 0.1) is 12.7 Å². The van der Waals surface area contributed by atoms with Crippen molar-refractivity contribution < 1.29 is 4.39 Å². The van der Waals surface area contributed by atoms with Crippen molar-refractivity contribution in [1.82, 2.24) is 5.43 Å². The Balaban J connectivity index is 1.87. The number of nitrogens with one attached hydrogen (secondary N) is 2.